The topological polar surface area (TPSA) is 21.3 Å². The van der Waals surface area contributed by atoms with Gasteiger partial charge in [0.25, 0.3) is 0 Å². The first-order valence-electron chi connectivity index (χ1n) is 7.73. The lowest BCUT2D eigenvalue weighted by molar-refractivity contribution is 0.181. The fourth-order valence-electron chi connectivity index (χ4n) is 3.02. The van der Waals surface area contributed by atoms with E-state index in [9.17, 15) is 0 Å². The summed E-state index contributed by atoms with van der Waals surface area (Å²) in [6, 6.07) is 9.04. The second-order valence-electron chi connectivity index (χ2n) is 5.63. The Hall–Kier alpha value is -1.02. The van der Waals surface area contributed by atoms with Crippen molar-refractivity contribution in [2.45, 2.75) is 51.5 Å². The Balaban J connectivity index is 1.87. The lowest BCUT2D eigenvalue weighted by Crippen LogP contribution is -2.39. The molecule has 2 heteroatoms. The predicted molar refractivity (Wildman–Crippen MR) is 80.7 cm³/mol. The van der Waals surface area contributed by atoms with Crippen molar-refractivity contribution in [3.63, 3.8) is 0 Å². The summed E-state index contributed by atoms with van der Waals surface area (Å²) >= 11 is 0. The number of unbranched alkanes of at least 4 members (excludes halogenated alkanes) is 3. The van der Waals surface area contributed by atoms with Gasteiger partial charge in [0.15, 0.2) is 0 Å². The van der Waals surface area contributed by atoms with E-state index < -0.39 is 0 Å². The van der Waals surface area contributed by atoms with Crippen LogP contribution in [0.15, 0.2) is 24.3 Å². The molecule has 0 bridgehead atoms. The van der Waals surface area contributed by atoms with Crippen LogP contribution in [0, 0.1) is 5.92 Å². The molecule has 2 nitrogen and oxygen atoms in total. The highest BCUT2D eigenvalue weighted by molar-refractivity contribution is 5.35. The van der Waals surface area contributed by atoms with Gasteiger partial charge in [-0.1, -0.05) is 50.8 Å². The van der Waals surface area contributed by atoms with E-state index in [-0.39, 0.29) is 0 Å². The van der Waals surface area contributed by atoms with Gasteiger partial charge in [-0.3, -0.25) is 0 Å². The van der Waals surface area contributed by atoms with Gasteiger partial charge in [-0.05, 0) is 31.5 Å². The molecule has 19 heavy (non-hydrogen) atoms. The fraction of sp³-hybridized carbons (Fsp3) is 0.647. The molecule has 0 saturated carbocycles. The molecular formula is C17H27NO. The van der Waals surface area contributed by atoms with Crippen molar-refractivity contribution in [3.8, 4) is 5.75 Å². The molecule has 0 aromatic heterocycles. The summed E-state index contributed by atoms with van der Waals surface area (Å²) < 4.78 is 5.91. The summed E-state index contributed by atoms with van der Waals surface area (Å²) in [6.45, 7) is 3.12. The Labute approximate surface area is 117 Å². The Kier molecular flexibility index (Phi) is 5.71. The van der Waals surface area contributed by atoms with Crippen LogP contribution in [0.3, 0.4) is 0 Å². The van der Waals surface area contributed by atoms with Gasteiger partial charge in [-0.25, -0.2) is 0 Å². The van der Waals surface area contributed by atoms with Gasteiger partial charge in [-0.15, -0.1) is 0 Å². The Bertz CT molecular complexity index is 377. The number of nitrogens with one attached hydrogen (secondary N) is 1. The molecule has 2 rings (SSSR count). The van der Waals surface area contributed by atoms with Gasteiger partial charge in [0.1, 0.15) is 5.75 Å². The highest BCUT2D eigenvalue weighted by Crippen LogP contribution is 2.29. The van der Waals surface area contributed by atoms with Crippen LogP contribution in [-0.4, -0.2) is 19.7 Å². The Morgan fingerprint density at radius 1 is 1.26 bits per heavy atom. The number of rotatable bonds is 7. The van der Waals surface area contributed by atoms with Crippen LogP contribution in [0.5, 0.6) is 5.75 Å². The summed E-state index contributed by atoms with van der Waals surface area (Å²) in [5.74, 6) is 1.70. The number of para-hydroxylation sites is 1. The quantitative estimate of drug-likeness (QED) is 0.754. The third kappa shape index (κ3) is 3.97. The molecule has 0 saturated heterocycles. The number of ether oxygens (including phenoxy) is 1. The van der Waals surface area contributed by atoms with Crippen molar-refractivity contribution in [1.82, 2.24) is 5.32 Å². The highest BCUT2D eigenvalue weighted by atomic mass is 16.5. The molecule has 0 spiro atoms. The predicted octanol–water partition coefficient (Wildman–Crippen LogP) is 3.80. The zero-order chi connectivity index (χ0) is 13.5. The van der Waals surface area contributed by atoms with Crippen molar-refractivity contribution in [2.24, 2.45) is 5.92 Å². The Morgan fingerprint density at radius 2 is 2.11 bits per heavy atom. The molecule has 106 valence electrons. The van der Waals surface area contributed by atoms with Crippen molar-refractivity contribution in [3.05, 3.63) is 29.8 Å². The molecule has 2 unspecified atom stereocenters. The second-order valence-corrected chi connectivity index (χ2v) is 5.63. The lowest BCUT2D eigenvalue weighted by atomic mass is 9.87. The van der Waals surface area contributed by atoms with Gasteiger partial charge in [0, 0.05) is 12.0 Å². The van der Waals surface area contributed by atoms with Gasteiger partial charge in [-0.2, -0.15) is 0 Å². The van der Waals surface area contributed by atoms with Gasteiger partial charge >= 0.3 is 0 Å². The lowest BCUT2D eigenvalue weighted by Gasteiger charge is -2.31. The fourth-order valence-corrected chi connectivity index (χ4v) is 3.02. The molecule has 1 aromatic rings. The van der Waals surface area contributed by atoms with E-state index >= 15 is 0 Å². The van der Waals surface area contributed by atoms with Crippen LogP contribution >= 0.6 is 0 Å². The molecule has 1 N–H and O–H groups in total. The first kappa shape index (κ1) is 14.4. The van der Waals surface area contributed by atoms with E-state index in [0.29, 0.717) is 12.0 Å². The molecule has 0 radical (unpaired) electrons. The van der Waals surface area contributed by atoms with E-state index in [1.165, 1.54) is 37.7 Å². The van der Waals surface area contributed by atoms with Crippen LogP contribution in [0.1, 0.15) is 44.6 Å². The molecule has 1 aliphatic heterocycles. The summed E-state index contributed by atoms with van der Waals surface area (Å²) in [5.41, 5.74) is 1.37. The number of benzene rings is 1. The van der Waals surface area contributed by atoms with Crippen LogP contribution in [0.2, 0.25) is 0 Å². The minimum atomic E-state index is 0.588. The monoisotopic (exact) mass is 261 g/mol. The second kappa shape index (κ2) is 7.54. The average molecular weight is 261 g/mol. The molecule has 2 atom stereocenters. The maximum Gasteiger partial charge on any atom is 0.122 e. The first-order chi connectivity index (χ1) is 9.35. The number of hydrogen-bond donors (Lipinski definition) is 1. The first-order valence-corrected chi connectivity index (χ1v) is 7.73. The third-order valence-corrected chi connectivity index (χ3v) is 4.22. The van der Waals surface area contributed by atoms with E-state index in [2.05, 4.69) is 43.6 Å². The average Bonchev–Trinajstić information content (AvgIpc) is 2.47. The van der Waals surface area contributed by atoms with Crippen molar-refractivity contribution >= 4 is 0 Å². The minimum absolute atomic E-state index is 0.588. The molecule has 1 heterocycles. The molecule has 1 aromatic carbocycles. The molecule has 0 aliphatic carbocycles. The van der Waals surface area contributed by atoms with Gasteiger partial charge in [0.05, 0.1) is 6.61 Å². The maximum absolute atomic E-state index is 5.91. The minimum Gasteiger partial charge on any atom is -0.493 e. The van der Waals surface area contributed by atoms with Crippen molar-refractivity contribution < 1.29 is 4.74 Å². The summed E-state index contributed by atoms with van der Waals surface area (Å²) in [4.78, 5) is 0. The van der Waals surface area contributed by atoms with Gasteiger partial charge in [0.2, 0.25) is 0 Å². The van der Waals surface area contributed by atoms with E-state index in [0.717, 1.165) is 18.8 Å². The molecular weight excluding hydrogens is 234 g/mol. The SMILES string of the molecule is CCCCCCC(NC)C1COc2ccccc2C1. The Morgan fingerprint density at radius 3 is 2.89 bits per heavy atom. The van der Waals surface area contributed by atoms with Crippen molar-refractivity contribution in [1.29, 1.82) is 0 Å². The van der Waals surface area contributed by atoms with E-state index in [1.807, 2.05) is 0 Å². The summed E-state index contributed by atoms with van der Waals surface area (Å²) in [5, 5.41) is 3.50. The molecule has 1 aliphatic rings. The van der Waals surface area contributed by atoms with E-state index in [4.69, 9.17) is 4.74 Å². The van der Waals surface area contributed by atoms with Crippen LogP contribution in [-0.2, 0) is 6.42 Å². The van der Waals surface area contributed by atoms with E-state index in [1.54, 1.807) is 0 Å². The highest BCUT2D eigenvalue weighted by Gasteiger charge is 2.25. The smallest absolute Gasteiger partial charge is 0.122 e. The number of hydrogen-bond acceptors (Lipinski definition) is 2. The zero-order valence-corrected chi connectivity index (χ0v) is 12.3. The summed E-state index contributed by atoms with van der Waals surface area (Å²) in [7, 11) is 2.09. The van der Waals surface area contributed by atoms with Crippen molar-refractivity contribution in [2.75, 3.05) is 13.7 Å². The molecule has 0 amide bonds. The zero-order valence-electron chi connectivity index (χ0n) is 12.3. The third-order valence-electron chi connectivity index (χ3n) is 4.22. The largest absolute Gasteiger partial charge is 0.493 e. The van der Waals surface area contributed by atoms with Gasteiger partial charge < -0.3 is 10.1 Å². The van der Waals surface area contributed by atoms with Crippen LogP contribution in [0.25, 0.3) is 0 Å². The van der Waals surface area contributed by atoms with Crippen LogP contribution in [0.4, 0.5) is 0 Å². The normalized spacial score (nSPS) is 19.6. The molecule has 0 fully saturated rings. The number of fused-ring (bicyclic) bond motifs is 1. The summed E-state index contributed by atoms with van der Waals surface area (Å²) in [6.07, 6.45) is 7.78. The maximum atomic E-state index is 5.91. The van der Waals surface area contributed by atoms with Crippen LogP contribution < -0.4 is 10.1 Å². The standard InChI is InChI=1S/C17H27NO/c1-3-4-5-6-10-16(18-2)15-12-14-9-7-8-11-17(14)19-13-15/h7-9,11,15-16,18H,3-6,10,12-13H2,1-2H3.